The predicted octanol–water partition coefficient (Wildman–Crippen LogP) is 5.27. The second-order valence-electron chi connectivity index (χ2n) is 6.56. The van der Waals surface area contributed by atoms with Gasteiger partial charge in [0.05, 0.1) is 17.4 Å². The Morgan fingerprint density at radius 1 is 1.00 bits per heavy atom. The van der Waals surface area contributed by atoms with Crippen LogP contribution < -0.4 is 0 Å². The van der Waals surface area contributed by atoms with E-state index >= 15 is 0 Å². The van der Waals surface area contributed by atoms with Crippen molar-refractivity contribution in [1.82, 2.24) is 14.5 Å². The van der Waals surface area contributed by atoms with Crippen molar-refractivity contribution in [3.63, 3.8) is 0 Å². The van der Waals surface area contributed by atoms with E-state index in [-0.39, 0.29) is 0 Å². The number of halogens is 1. The second-order valence-corrected chi connectivity index (χ2v) is 6.92. The highest BCUT2D eigenvalue weighted by atomic mass is 35.5. The summed E-state index contributed by atoms with van der Waals surface area (Å²) in [6.07, 6.45) is 1.85. The van der Waals surface area contributed by atoms with Gasteiger partial charge >= 0.3 is 0 Å². The summed E-state index contributed by atoms with van der Waals surface area (Å²) in [5, 5.41) is 1.58. The van der Waals surface area contributed by atoms with E-state index in [1.165, 1.54) is 0 Å². The second kappa shape index (κ2) is 11.3. The summed E-state index contributed by atoms with van der Waals surface area (Å²) < 4.78 is 17.4. The molecule has 0 unspecified atom stereocenters. The van der Waals surface area contributed by atoms with E-state index < -0.39 is 6.48 Å². The fraction of sp³-hybridized carbons (Fsp3) is 0.524. The van der Waals surface area contributed by atoms with Crippen LogP contribution in [0.5, 0.6) is 0 Å². The summed E-state index contributed by atoms with van der Waals surface area (Å²) in [5.41, 5.74) is 2.79. The summed E-state index contributed by atoms with van der Waals surface area (Å²) in [4.78, 5) is 8.78. The molecule has 0 aliphatic carbocycles. The molecule has 0 saturated carbocycles. The molecule has 0 aliphatic heterocycles. The number of hydrogen-bond donors (Lipinski definition) is 0. The van der Waals surface area contributed by atoms with E-state index in [2.05, 4.69) is 34.4 Å². The summed E-state index contributed by atoms with van der Waals surface area (Å²) in [7, 11) is 0. The fourth-order valence-corrected chi connectivity index (χ4v) is 3.06. The molecule has 0 amide bonds. The fourth-order valence-electron chi connectivity index (χ4n) is 2.83. The number of pyridine rings is 1. The van der Waals surface area contributed by atoms with Crippen LogP contribution in [-0.2, 0) is 20.8 Å². The van der Waals surface area contributed by atoms with Crippen LogP contribution in [0.2, 0.25) is 5.15 Å². The number of nitrogens with zero attached hydrogens (tertiary/aromatic N) is 3. The molecule has 0 atom stereocenters. The van der Waals surface area contributed by atoms with Crippen molar-refractivity contribution in [3.05, 3.63) is 35.7 Å². The van der Waals surface area contributed by atoms with Crippen molar-refractivity contribution in [2.75, 3.05) is 19.8 Å². The lowest BCUT2D eigenvalue weighted by atomic mass is 10.2. The van der Waals surface area contributed by atoms with E-state index in [4.69, 9.17) is 25.8 Å². The van der Waals surface area contributed by atoms with Gasteiger partial charge in [-0.05, 0) is 32.8 Å². The molecular formula is C21H30ClN3O3. The maximum absolute atomic E-state index is 6.20. The first-order valence-corrected chi connectivity index (χ1v) is 10.1. The van der Waals surface area contributed by atoms with Gasteiger partial charge in [0.2, 0.25) is 0 Å². The Labute approximate surface area is 171 Å². The molecule has 0 saturated heterocycles. The van der Waals surface area contributed by atoms with Gasteiger partial charge < -0.3 is 18.8 Å². The van der Waals surface area contributed by atoms with Gasteiger partial charge in [-0.3, -0.25) is 0 Å². The zero-order valence-corrected chi connectivity index (χ0v) is 18.1. The third-order valence-corrected chi connectivity index (χ3v) is 4.14. The van der Waals surface area contributed by atoms with Crippen molar-refractivity contribution in [3.8, 4) is 0 Å². The molecule has 1 aromatic carbocycles. The maximum Gasteiger partial charge on any atom is 0.271 e. The first kappa shape index (κ1) is 22.6. The van der Waals surface area contributed by atoms with E-state index in [0.717, 1.165) is 28.5 Å². The first-order chi connectivity index (χ1) is 13.5. The maximum atomic E-state index is 6.20. The van der Waals surface area contributed by atoms with Crippen LogP contribution in [0, 0.1) is 5.92 Å². The molecule has 6 nitrogen and oxygen atoms in total. The van der Waals surface area contributed by atoms with Crippen LogP contribution in [0.3, 0.4) is 0 Å². The molecule has 0 N–H and O–H groups in total. The Hall–Kier alpha value is -1.73. The van der Waals surface area contributed by atoms with Gasteiger partial charge in [0.1, 0.15) is 5.52 Å². The molecule has 0 radical (unpaired) electrons. The molecule has 3 rings (SSSR count). The Bertz CT molecular complexity index is 852. The minimum absolute atomic E-state index is 0.472. The summed E-state index contributed by atoms with van der Waals surface area (Å²) in [6, 6.07) is 8.04. The third kappa shape index (κ3) is 5.88. The van der Waals surface area contributed by atoms with Crippen molar-refractivity contribution in [2.45, 2.75) is 47.6 Å². The van der Waals surface area contributed by atoms with Crippen LogP contribution >= 0.6 is 11.6 Å². The quantitative estimate of drug-likeness (QED) is 0.376. The lowest BCUT2D eigenvalue weighted by Crippen LogP contribution is -2.20. The van der Waals surface area contributed by atoms with E-state index in [9.17, 15) is 0 Å². The average Bonchev–Trinajstić information content (AvgIpc) is 3.07. The molecule has 28 heavy (non-hydrogen) atoms. The largest absolute Gasteiger partial charge is 0.330 e. The minimum Gasteiger partial charge on any atom is -0.330 e. The van der Waals surface area contributed by atoms with Crippen LogP contribution in [0.15, 0.2) is 30.6 Å². The predicted molar refractivity (Wildman–Crippen MR) is 114 cm³/mol. The van der Waals surface area contributed by atoms with Gasteiger partial charge in [-0.25, -0.2) is 9.97 Å². The SMILES string of the molecule is CC(C)Cn1cnc2c(Cl)nc3ccccc3c21.CCOC(OCC)OCC. The van der Waals surface area contributed by atoms with Crippen molar-refractivity contribution in [2.24, 2.45) is 5.92 Å². The molecule has 0 fully saturated rings. The van der Waals surface area contributed by atoms with E-state index in [0.29, 0.717) is 30.9 Å². The number of imidazole rings is 1. The number of hydrogen-bond acceptors (Lipinski definition) is 5. The third-order valence-electron chi connectivity index (χ3n) is 3.88. The molecule has 154 valence electrons. The summed E-state index contributed by atoms with van der Waals surface area (Å²) >= 11 is 6.20. The number of para-hydroxylation sites is 1. The molecule has 0 spiro atoms. The average molecular weight is 408 g/mol. The van der Waals surface area contributed by atoms with Crippen LogP contribution in [0.1, 0.15) is 34.6 Å². The lowest BCUT2D eigenvalue weighted by Gasteiger charge is -2.15. The van der Waals surface area contributed by atoms with E-state index in [1.54, 1.807) is 0 Å². The van der Waals surface area contributed by atoms with Gasteiger partial charge in [-0.1, -0.05) is 43.6 Å². The number of fused-ring (bicyclic) bond motifs is 3. The normalized spacial score (nSPS) is 11.4. The molecule has 0 aliphatic rings. The topological polar surface area (TPSA) is 58.4 Å². The Balaban J connectivity index is 0.000000242. The monoisotopic (exact) mass is 407 g/mol. The molecule has 0 bridgehead atoms. The zero-order chi connectivity index (χ0) is 20.5. The first-order valence-electron chi connectivity index (χ1n) is 9.75. The molecule has 2 aromatic heterocycles. The van der Waals surface area contributed by atoms with Gasteiger partial charge in [-0.15, -0.1) is 0 Å². The zero-order valence-electron chi connectivity index (χ0n) is 17.3. The number of benzene rings is 1. The number of rotatable bonds is 8. The molecule has 7 heteroatoms. The van der Waals surface area contributed by atoms with Gasteiger partial charge in [-0.2, -0.15) is 0 Å². The molecular weight excluding hydrogens is 378 g/mol. The minimum atomic E-state index is -0.472. The lowest BCUT2D eigenvalue weighted by molar-refractivity contribution is -0.282. The van der Waals surface area contributed by atoms with Crippen LogP contribution in [-0.4, -0.2) is 40.8 Å². The smallest absolute Gasteiger partial charge is 0.271 e. The molecule has 3 aromatic rings. The Kier molecular flexibility index (Phi) is 9.12. The summed E-state index contributed by atoms with van der Waals surface area (Å²) in [5.74, 6) is 0.563. The van der Waals surface area contributed by atoms with Gasteiger partial charge in [0.25, 0.3) is 6.48 Å². The van der Waals surface area contributed by atoms with Gasteiger partial charge in [0.15, 0.2) is 5.15 Å². The van der Waals surface area contributed by atoms with Gasteiger partial charge in [0, 0.05) is 31.8 Å². The van der Waals surface area contributed by atoms with Crippen LogP contribution in [0.4, 0.5) is 0 Å². The van der Waals surface area contributed by atoms with Crippen LogP contribution in [0.25, 0.3) is 21.9 Å². The molecule has 2 heterocycles. The standard InChI is InChI=1S/C14H14ClN3.C7H16O3/c1-9(2)7-18-8-16-12-13(18)10-5-3-4-6-11(10)17-14(12)15;1-4-8-7(9-5-2)10-6-3/h3-6,8-9H,7H2,1-2H3;7H,4-6H2,1-3H3. The number of ether oxygens (including phenoxy) is 3. The van der Waals surface area contributed by atoms with Crippen molar-refractivity contribution in [1.29, 1.82) is 0 Å². The summed E-state index contributed by atoms with van der Waals surface area (Å²) in [6.45, 7) is 12.4. The highest BCUT2D eigenvalue weighted by molar-refractivity contribution is 6.35. The highest BCUT2D eigenvalue weighted by Gasteiger charge is 2.12. The van der Waals surface area contributed by atoms with Crippen molar-refractivity contribution >= 4 is 33.5 Å². The highest BCUT2D eigenvalue weighted by Crippen LogP contribution is 2.28. The number of aromatic nitrogens is 3. The Morgan fingerprint density at radius 2 is 1.61 bits per heavy atom. The Morgan fingerprint density at radius 3 is 2.18 bits per heavy atom. The van der Waals surface area contributed by atoms with Crippen molar-refractivity contribution < 1.29 is 14.2 Å². The van der Waals surface area contributed by atoms with E-state index in [1.807, 2.05) is 45.3 Å².